The van der Waals surface area contributed by atoms with Gasteiger partial charge in [0, 0.05) is 18.1 Å². The van der Waals surface area contributed by atoms with E-state index in [9.17, 15) is 0 Å². The molecule has 0 spiro atoms. The average Bonchev–Trinajstić information content (AvgIpc) is 2.26. The highest BCUT2D eigenvalue weighted by molar-refractivity contribution is 9.10. The largest absolute Gasteiger partial charge is 0.491 e. The van der Waals surface area contributed by atoms with Crippen molar-refractivity contribution in [2.75, 3.05) is 34.4 Å². The van der Waals surface area contributed by atoms with Gasteiger partial charge in [-0.1, -0.05) is 15.9 Å². The molecule has 0 aliphatic heterocycles. The van der Waals surface area contributed by atoms with Gasteiger partial charge in [0.25, 0.3) is 0 Å². The quantitative estimate of drug-likeness (QED) is 0.802. The number of benzene rings is 1. The molecule has 0 aliphatic carbocycles. The summed E-state index contributed by atoms with van der Waals surface area (Å²) < 4.78 is 12.0. The van der Waals surface area contributed by atoms with Crippen LogP contribution < -0.4 is 4.74 Å². The first-order valence-corrected chi connectivity index (χ1v) is 5.97. The predicted octanol–water partition coefficient (Wildman–Crippen LogP) is 2.40. The summed E-state index contributed by atoms with van der Waals surface area (Å²) in [5, 5.41) is 0. The Labute approximate surface area is 105 Å². The topological polar surface area (TPSA) is 21.7 Å². The lowest BCUT2D eigenvalue weighted by molar-refractivity contribution is 0.0399. The highest BCUT2D eigenvalue weighted by Gasteiger charge is 2.09. The molecule has 1 aromatic carbocycles. The van der Waals surface area contributed by atoms with Gasteiger partial charge in [-0.2, -0.15) is 0 Å². The van der Waals surface area contributed by atoms with E-state index in [1.807, 2.05) is 38.4 Å². The van der Waals surface area contributed by atoms with Crippen molar-refractivity contribution in [1.29, 1.82) is 0 Å². The Kier molecular flexibility index (Phi) is 5.80. The first-order valence-electron chi connectivity index (χ1n) is 5.17. The molecule has 4 heteroatoms. The van der Waals surface area contributed by atoms with Crippen LogP contribution in [0, 0.1) is 0 Å². The van der Waals surface area contributed by atoms with E-state index in [-0.39, 0.29) is 6.10 Å². The van der Waals surface area contributed by atoms with Crippen LogP contribution in [-0.4, -0.2) is 45.4 Å². The van der Waals surface area contributed by atoms with Gasteiger partial charge in [0.05, 0.1) is 0 Å². The maximum atomic E-state index is 5.64. The molecule has 0 aliphatic rings. The van der Waals surface area contributed by atoms with Crippen LogP contribution >= 0.6 is 15.9 Å². The fourth-order valence-corrected chi connectivity index (χ4v) is 1.59. The molecule has 1 atom stereocenters. The Morgan fingerprint density at radius 3 is 2.38 bits per heavy atom. The molecule has 0 aromatic heterocycles. The van der Waals surface area contributed by atoms with Crippen LogP contribution in [0.2, 0.25) is 0 Å². The van der Waals surface area contributed by atoms with Crippen molar-refractivity contribution in [2.24, 2.45) is 0 Å². The minimum Gasteiger partial charge on any atom is -0.491 e. The van der Waals surface area contributed by atoms with Crippen LogP contribution in [0.25, 0.3) is 0 Å². The highest BCUT2D eigenvalue weighted by Crippen LogP contribution is 2.16. The number of hydrogen-bond acceptors (Lipinski definition) is 3. The Bertz CT molecular complexity index is 300. The lowest BCUT2D eigenvalue weighted by atomic mass is 10.3. The maximum absolute atomic E-state index is 5.64. The van der Waals surface area contributed by atoms with Crippen LogP contribution in [0.4, 0.5) is 0 Å². The SMILES string of the molecule is COC(COc1ccc(Br)cc1)CN(C)C. The van der Waals surface area contributed by atoms with Gasteiger partial charge in [0.15, 0.2) is 0 Å². The summed E-state index contributed by atoms with van der Waals surface area (Å²) in [6, 6.07) is 7.80. The van der Waals surface area contributed by atoms with Crippen LogP contribution in [-0.2, 0) is 4.74 Å². The van der Waals surface area contributed by atoms with Crippen molar-refractivity contribution in [2.45, 2.75) is 6.10 Å². The third-order valence-corrected chi connectivity index (χ3v) is 2.68. The standard InChI is InChI=1S/C12H18BrNO2/c1-14(2)8-12(15-3)9-16-11-6-4-10(13)5-7-11/h4-7,12H,8-9H2,1-3H3. The predicted molar refractivity (Wildman–Crippen MR) is 69.0 cm³/mol. The molecule has 3 nitrogen and oxygen atoms in total. The van der Waals surface area contributed by atoms with Crippen LogP contribution in [0.3, 0.4) is 0 Å². The van der Waals surface area contributed by atoms with E-state index in [4.69, 9.17) is 9.47 Å². The number of rotatable bonds is 6. The van der Waals surface area contributed by atoms with Crippen molar-refractivity contribution in [1.82, 2.24) is 4.90 Å². The maximum Gasteiger partial charge on any atom is 0.119 e. The van der Waals surface area contributed by atoms with Gasteiger partial charge < -0.3 is 14.4 Å². The molecule has 0 radical (unpaired) electrons. The van der Waals surface area contributed by atoms with Gasteiger partial charge in [-0.15, -0.1) is 0 Å². The van der Waals surface area contributed by atoms with Crippen molar-refractivity contribution in [3.05, 3.63) is 28.7 Å². The second-order valence-corrected chi connectivity index (χ2v) is 4.80. The van der Waals surface area contributed by atoms with Crippen molar-refractivity contribution < 1.29 is 9.47 Å². The second-order valence-electron chi connectivity index (χ2n) is 3.88. The van der Waals surface area contributed by atoms with Gasteiger partial charge in [0.2, 0.25) is 0 Å². The van der Waals surface area contributed by atoms with Gasteiger partial charge in [0.1, 0.15) is 18.5 Å². The number of likely N-dealkylation sites (N-methyl/N-ethyl adjacent to an activating group) is 1. The molecule has 1 aromatic rings. The third kappa shape index (κ3) is 4.96. The zero-order chi connectivity index (χ0) is 12.0. The summed E-state index contributed by atoms with van der Waals surface area (Å²) in [5.41, 5.74) is 0. The molecular weight excluding hydrogens is 270 g/mol. The van der Waals surface area contributed by atoms with E-state index in [1.165, 1.54) is 0 Å². The van der Waals surface area contributed by atoms with Crippen LogP contribution in [0.15, 0.2) is 28.7 Å². The molecule has 0 bridgehead atoms. The molecule has 0 saturated carbocycles. The monoisotopic (exact) mass is 287 g/mol. The normalized spacial score (nSPS) is 12.8. The van der Waals surface area contributed by atoms with Crippen molar-refractivity contribution in [3.8, 4) is 5.75 Å². The van der Waals surface area contributed by atoms with Crippen molar-refractivity contribution >= 4 is 15.9 Å². The lowest BCUT2D eigenvalue weighted by Gasteiger charge is -2.20. The number of nitrogens with zero attached hydrogens (tertiary/aromatic N) is 1. The number of ether oxygens (including phenoxy) is 2. The first kappa shape index (κ1) is 13.5. The van der Waals surface area contributed by atoms with E-state index >= 15 is 0 Å². The molecule has 0 amide bonds. The van der Waals surface area contributed by atoms with Crippen molar-refractivity contribution in [3.63, 3.8) is 0 Å². The molecule has 16 heavy (non-hydrogen) atoms. The number of methoxy groups -OCH3 is 1. The highest BCUT2D eigenvalue weighted by atomic mass is 79.9. The molecule has 0 N–H and O–H groups in total. The van der Waals surface area contributed by atoms with E-state index in [1.54, 1.807) is 7.11 Å². The van der Waals surface area contributed by atoms with Crippen LogP contribution in [0.5, 0.6) is 5.75 Å². The fraction of sp³-hybridized carbons (Fsp3) is 0.500. The molecule has 0 fully saturated rings. The van der Waals surface area contributed by atoms with Gasteiger partial charge in [-0.05, 0) is 38.4 Å². The number of halogens is 1. The zero-order valence-electron chi connectivity index (χ0n) is 9.94. The van der Waals surface area contributed by atoms with E-state index in [0.717, 1.165) is 16.8 Å². The fourth-order valence-electron chi connectivity index (χ4n) is 1.32. The van der Waals surface area contributed by atoms with Crippen LogP contribution in [0.1, 0.15) is 0 Å². The summed E-state index contributed by atoms with van der Waals surface area (Å²) in [6.07, 6.45) is 0.0960. The van der Waals surface area contributed by atoms with Gasteiger partial charge in [-0.25, -0.2) is 0 Å². The Morgan fingerprint density at radius 1 is 1.25 bits per heavy atom. The third-order valence-electron chi connectivity index (χ3n) is 2.15. The number of hydrogen-bond donors (Lipinski definition) is 0. The van der Waals surface area contributed by atoms with Gasteiger partial charge in [-0.3, -0.25) is 0 Å². The van der Waals surface area contributed by atoms with E-state index < -0.39 is 0 Å². The average molecular weight is 288 g/mol. The summed E-state index contributed by atoms with van der Waals surface area (Å²) in [6.45, 7) is 1.42. The summed E-state index contributed by atoms with van der Waals surface area (Å²) >= 11 is 3.38. The lowest BCUT2D eigenvalue weighted by Crippen LogP contribution is -2.32. The molecule has 1 unspecified atom stereocenters. The van der Waals surface area contributed by atoms with E-state index in [2.05, 4.69) is 20.8 Å². The van der Waals surface area contributed by atoms with E-state index in [0.29, 0.717) is 6.61 Å². The van der Waals surface area contributed by atoms with Gasteiger partial charge >= 0.3 is 0 Å². The summed E-state index contributed by atoms with van der Waals surface area (Å²) in [5.74, 6) is 0.865. The zero-order valence-corrected chi connectivity index (χ0v) is 11.5. The minimum atomic E-state index is 0.0960. The summed E-state index contributed by atoms with van der Waals surface area (Å²) in [4.78, 5) is 2.08. The molecular formula is C12H18BrNO2. The Hall–Kier alpha value is -0.580. The first-order chi connectivity index (χ1) is 7.61. The molecule has 1 rings (SSSR count). The molecule has 90 valence electrons. The minimum absolute atomic E-state index is 0.0960. The molecule has 0 heterocycles. The summed E-state index contributed by atoms with van der Waals surface area (Å²) in [7, 11) is 5.75. The Morgan fingerprint density at radius 2 is 1.88 bits per heavy atom. The Balaban J connectivity index is 2.40. The second kappa shape index (κ2) is 6.89. The smallest absolute Gasteiger partial charge is 0.119 e. The molecule has 0 saturated heterocycles.